The minimum absolute atomic E-state index is 0.112. The van der Waals surface area contributed by atoms with E-state index < -0.39 is 0 Å². The van der Waals surface area contributed by atoms with Gasteiger partial charge in [0.1, 0.15) is 0 Å². The summed E-state index contributed by atoms with van der Waals surface area (Å²) in [5, 5.41) is 5.75. The molecule has 0 aromatic heterocycles. The van der Waals surface area contributed by atoms with Crippen LogP contribution in [-0.4, -0.2) is 42.5 Å². The molecule has 0 aromatic rings. The molecule has 2 aliphatic rings. The average Bonchev–Trinajstić information content (AvgIpc) is 2.70. The summed E-state index contributed by atoms with van der Waals surface area (Å²) in [5.74, 6) is -0.112. The van der Waals surface area contributed by atoms with Gasteiger partial charge >= 0.3 is 6.03 Å². The molecule has 2 rings (SSSR count). The van der Waals surface area contributed by atoms with Crippen molar-refractivity contribution in [3.8, 4) is 0 Å². The molecular weight excluding hydrogens is 170 g/mol. The zero-order valence-electron chi connectivity index (χ0n) is 7.38. The van der Waals surface area contributed by atoms with Gasteiger partial charge in [0.15, 0.2) is 0 Å². The van der Waals surface area contributed by atoms with Crippen LogP contribution in [-0.2, 0) is 4.79 Å². The quantitative estimate of drug-likeness (QED) is 0.556. The molecule has 2 N–H and O–H groups in total. The van der Waals surface area contributed by atoms with Crippen LogP contribution in [0.5, 0.6) is 0 Å². The Labute approximate surface area is 76.5 Å². The predicted octanol–water partition coefficient (Wildman–Crippen LogP) is -0.710. The molecule has 5 heteroatoms. The van der Waals surface area contributed by atoms with E-state index in [2.05, 4.69) is 10.6 Å². The van der Waals surface area contributed by atoms with E-state index in [0.29, 0.717) is 12.6 Å². The molecule has 0 aromatic carbocycles. The second-order valence-electron chi connectivity index (χ2n) is 3.46. The number of imide groups is 1. The Morgan fingerprint density at radius 3 is 2.85 bits per heavy atom. The van der Waals surface area contributed by atoms with Crippen molar-refractivity contribution in [3.63, 3.8) is 0 Å². The van der Waals surface area contributed by atoms with Crippen LogP contribution in [0.25, 0.3) is 0 Å². The van der Waals surface area contributed by atoms with Gasteiger partial charge in [0.25, 0.3) is 0 Å². The van der Waals surface area contributed by atoms with E-state index in [9.17, 15) is 9.59 Å². The van der Waals surface area contributed by atoms with Gasteiger partial charge in [-0.25, -0.2) is 4.79 Å². The summed E-state index contributed by atoms with van der Waals surface area (Å²) in [4.78, 5) is 23.6. The summed E-state index contributed by atoms with van der Waals surface area (Å²) in [5.41, 5.74) is 0. The number of carbonyl (C=O) groups excluding carboxylic acids is 2. The molecule has 0 unspecified atom stereocenters. The van der Waals surface area contributed by atoms with Crippen molar-refractivity contribution in [1.29, 1.82) is 0 Å². The first kappa shape index (κ1) is 8.50. The Morgan fingerprint density at radius 1 is 1.46 bits per heavy atom. The Morgan fingerprint density at radius 2 is 2.31 bits per heavy atom. The van der Waals surface area contributed by atoms with E-state index >= 15 is 0 Å². The number of carbonyl (C=O) groups is 2. The van der Waals surface area contributed by atoms with Crippen LogP contribution in [0.1, 0.15) is 12.8 Å². The molecule has 0 spiro atoms. The zero-order valence-corrected chi connectivity index (χ0v) is 7.38. The first-order valence-corrected chi connectivity index (χ1v) is 4.59. The highest BCUT2D eigenvalue weighted by atomic mass is 16.2. The van der Waals surface area contributed by atoms with Crippen LogP contribution in [0.2, 0.25) is 0 Å². The van der Waals surface area contributed by atoms with Gasteiger partial charge < -0.3 is 10.6 Å². The van der Waals surface area contributed by atoms with Crippen molar-refractivity contribution in [2.24, 2.45) is 0 Å². The molecule has 2 heterocycles. The molecule has 2 saturated heterocycles. The van der Waals surface area contributed by atoms with Crippen LogP contribution in [0.15, 0.2) is 0 Å². The monoisotopic (exact) mass is 183 g/mol. The lowest BCUT2D eigenvalue weighted by Gasteiger charge is -2.17. The number of urea groups is 1. The van der Waals surface area contributed by atoms with E-state index in [0.717, 1.165) is 19.4 Å². The molecular formula is C8H13N3O2. The average molecular weight is 183 g/mol. The van der Waals surface area contributed by atoms with Gasteiger partial charge in [-0.15, -0.1) is 0 Å². The van der Waals surface area contributed by atoms with Gasteiger partial charge in [-0.3, -0.25) is 9.69 Å². The second kappa shape index (κ2) is 3.33. The van der Waals surface area contributed by atoms with E-state index in [1.165, 1.54) is 4.90 Å². The van der Waals surface area contributed by atoms with E-state index in [1.54, 1.807) is 0 Å². The van der Waals surface area contributed by atoms with Crippen LogP contribution in [0.4, 0.5) is 4.79 Å². The maximum Gasteiger partial charge on any atom is 0.324 e. The summed E-state index contributed by atoms with van der Waals surface area (Å²) in [6, 6.07) is 0.0477. The molecule has 13 heavy (non-hydrogen) atoms. The van der Waals surface area contributed by atoms with E-state index in [-0.39, 0.29) is 18.5 Å². The largest absolute Gasteiger partial charge is 0.329 e. The predicted molar refractivity (Wildman–Crippen MR) is 46.1 cm³/mol. The topological polar surface area (TPSA) is 61.4 Å². The van der Waals surface area contributed by atoms with Gasteiger partial charge in [0, 0.05) is 12.6 Å². The van der Waals surface area contributed by atoms with Crippen molar-refractivity contribution in [2.75, 3.05) is 19.6 Å². The van der Waals surface area contributed by atoms with Crippen LogP contribution < -0.4 is 10.6 Å². The third kappa shape index (κ3) is 1.65. The lowest BCUT2D eigenvalue weighted by Crippen LogP contribution is -2.41. The normalized spacial score (nSPS) is 28.3. The molecule has 0 bridgehead atoms. The molecule has 0 radical (unpaired) electrons. The highest BCUT2D eigenvalue weighted by molar-refractivity contribution is 6.01. The van der Waals surface area contributed by atoms with Gasteiger partial charge in [0.05, 0.1) is 6.54 Å². The van der Waals surface area contributed by atoms with Gasteiger partial charge in [-0.2, -0.15) is 0 Å². The van der Waals surface area contributed by atoms with E-state index in [1.807, 2.05) is 0 Å². The first-order chi connectivity index (χ1) is 6.27. The Balaban J connectivity index is 1.92. The summed E-state index contributed by atoms with van der Waals surface area (Å²) < 4.78 is 0. The zero-order chi connectivity index (χ0) is 9.26. The molecule has 2 aliphatic heterocycles. The van der Waals surface area contributed by atoms with Crippen LogP contribution >= 0.6 is 0 Å². The standard InChI is InChI=1S/C8H13N3O2/c12-7-4-10-8(13)11(7)5-6-2-1-3-9-6/h6,9H,1-5H2,(H,10,13)/t6-/m0/s1. The first-order valence-electron chi connectivity index (χ1n) is 4.59. The summed E-state index contributed by atoms with van der Waals surface area (Å²) in [6.07, 6.45) is 2.19. The molecule has 72 valence electrons. The summed E-state index contributed by atoms with van der Waals surface area (Å²) in [6.45, 7) is 1.67. The molecule has 5 nitrogen and oxygen atoms in total. The number of nitrogens with zero attached hydrogens (tertiary/aromatic N) is 1. The smallest absolute Gasteiger partial charge is 0.324 e. The van der Waals surface area contributed by atoms with Gasteiger partial charge in [-0.05, 0) is 19.4 Å². The summed E-state index contributed by atoms with van der Waals surface area (Å²) >= 11 is 0. The fourth-order valence-electron chi connectivity index (χ4n) is 1.77. The minimum atomic E-state index is -0.251. The Kier molecular flexibility index (Phi) is 2.18. The third-order valence-corrected chi connectivity index (χ3v) is 2.50. The Bertz CT molecular complexity index is 220. The van der Waals surface area contributed by atoms with E-state index in [4.69, 9.17) is 0 Å². The molecule has 1 atom stereocenters. The van der Waals surface area contributed by atoms with Crippen LogP contribution in [0, 0.1) is 0 Å². The molecule has 0 saturated carbocycles. The second-order valence-corrected chi connectivity index (χ2v) is 3.46. The van der Waals surface area contributed by atoms with Crippen molar-refractivity contribution >= 4 is 11.9 Å². The molecule has 3 amide bonds. The lowest BCUT2D eigenvalue weighted by atomic mass is 10.2. The fraction of sp³-hybridized carbons (Fsp3) is 0.750. The van der Waals surface area contributed by atoms with Gasteiger partial charge in [-0.1, -0.05) is 0 Å². The number of nitrogens with one attached hydrogen (secondary N) is 2. The van der Waals surface area contributed by atoms with Crippen molar-refractivity contribution in [2.45, 2.75) is 18.9 Å². The Hall–Kier alpha value is -1.10. The molecule has 2 fully saturated rings. The number of hydrogen-bond donors (Lipinski definition) is 2. The summed E-state index contributed by atoms with van der Waals surface area (Å²) in [7, 11) is 0. The van der Waals surface area contributed by atoms with Crippen molar-refractivity contribution < 1.29 is 9.59 Å². The van der Waals surface area contributed by atoms with Gasteiger partial charge in [0.2, 0.25) is 5.91 Å². The lowest BCUT2D eigenvalue weighted by molar-refractivity contribution is -0.125. The highest BCUT2D eigenvalue weighted by Gasteiger charge is 2.31. The third-order valence-electron chi connectivity index (χ3n) is 2.50. The fourth-order valence-corrected chi connectivity index (χ4v) is 1.77. The highest BCUT2D eigenvalue weighted by Crippen LogP contribution is 2.08. The van der Waals surface area contributed by atoms with Crippen molar-refractivity contribution in [1.82, 2.24) is 15.5 Å². The minimum Gasteiger partial charge on any atom is -0.329 e. The van der Waals surface area contributed by atoms with Crippen LogP contribution in [0.3, 0.4) is 0 Å². The SMILES string of the molecule is O=C1CNC(=O)N1C[C@@H]1CCCN1. The maximum absolute atomic E-state index is 11.2. The maximum atomic E-state index is 11.2. The number of rotatable bonds is 2. The van der Waals surface area contributed by atoms with Crippen molar-refractivity contribution in [3.05, 3.63) is 0 Å². The number of amides is 3. The molecule has 0 aliphatic carbocycles. The number of hydrogen-bond acceptors (Lipinski definition) is 3.